The number of amides is 1. The second-order valence-corrected chi connectivity index (χ2v) is 10.8. The minimum atomic E-state index is -3.51. The average Bonchev–Trinajstić information content (AvgIpc) is 3.29. The zero-order chi connectivity index (χ0) is 23.4. The molecule has 0 atom stereocenters. The van der Waals surface area contributed by atoms with Gasteiger partial charge in [-0.05, 0) is 55.2 Å². The molecule has 4 rings (SSSR count). The number of hydrogen-bond acceptors (Lipinski definition) is 6. The summed E-state index contributed by atoms with van der Waals surface area (Å²) in [6.07, 6.45) is 0.799. The lowest BCUT2D eigenvalue weighted by Gasteiger charge is -2.26. The molecule has 1 saturated heterocycles. The molecule has 7 nitrogen and oxygen atoms in total. The van der Waals surface area contributed by atoms with E-state index >= 15 is 0 Å². The largest absolute Gasteiger partial charge is 0.379 e. The van der Waals surface area contributed by atoms with Crippen LogP contribution < -0.4 is 5.32 Å². The summed E-state index contributed by atoms with van der Waals surface area (Å²) in [6.45, 7) is 5.70. The maximum atomic E-state index is 12.7. The van der Waals surface area contributed by atoms with Gasteiger partial charge in [0.1, 0.15) is 0 Å². The van der Waals surface area contributed by atoms with Crippen molar-refractivity contribution in [3.05, 3.63) is 64.5 Å². The molecule has 0 spiro atoms. The number of hydrogen-bond donors (Lipinski definition) is 1. The molecule has 0 unspecified atom stereocenters. The van der Waals surface area contributed by atoms with Crippen LogP contribution in [0.25, 0.3) is 11.3 Å². The van der Waals surface area contributed by atoms with Crippen LogP contribution in [-0.2, 0) is 26.0 Å². The van der Waals surface area contributed by atoms with Gasteiger partial charge in [-0.25, -0.2) is 13.4 Å². The minimum Gasteiger partial charge on any atom is -0.379 e. The standard InChI is InChI=1S/C24H27N3O4S2/c1-17-3-7-20(15-18(17)2)22-16-32-24(25-22)26-23(28)10-6-19-4-8-21(9-5-19)33(29,30)27-11-13-31-14-12-27/h3-5,7-9,15-16H,6,10-14H2,1-2H3,(H,25,26,28). The van der Waals surface area contributed by atoms with Crippen LogP contribution in [0, 0.1) is 13.8 Å². The number of carbonyl (C=O) groups excluding carboxylic acids is 1. The van der Waals surface area contributed by atoms with Crippen LogP contribution >= 0.6 is 11.3 Å². The zero-order valence-electron chi connectivity index (χ0n) is 18.7. The van der Waals surface area contributed by atoms with Gasteiger partial charge in [0.15, 0.2) is 5.13 Å². The summed E-state index contributed by atoms with van der Waals surface area (Å²) < 4.78 is 32.1. The van der Waals surface area contributed by atoms with E-state index in [1.807, 2.05) is 11.4 Å². The van der Waals surface area contributed by atoms with Gasteiger partial charge in [-0.2, -0.15) is 4.31 Å². The van der Waals surface area contributed by atoms with Crippen molar-refractivity contribution in [2.75, 3.05) is 31.6 Å². The van der Waals surface area contributed by atoms with Gasteiger partial charge >= 0.3 is 0 Å². The van der Waals surface area contributed by atoms with Crippen LogP contribution in [0.1, 0.15) is 23.1 Å². The summed E-state index contributed by atoms with van der Waals surface area (Å²) in [7, 11) is -3.51. The first-order valence-corrected chi connectivity index (χ1v) is 13.1. The molecule has 0 aliphatic carbocycles. The van der Waals surface area contributed by atoms with E-state index in [0.717, 1.165) is 16.8 Å². The number of ether oxygens (including phenoxy) is 1. The van der Waals surface area contributed by atoms with Gasteiger partial charge in [-0.1, -0.05) is 24.3 Å². The first kappa shape index (κ1) is 23.6. The molecular weight excluding hydrogens is 458 g/mol. The van der Waals surface area contributed by atoms with Gasteiger partial charge in [0.05, 0.1) is 23.8 Å². The second kappa shape index (κ2) is 10.1. The summed E-state index contributed by atoms with van der Waals surface area (Å²) in [6, 6.07) is 12.9. The van der Waals surface area contributed by atoms with Crippen LogP contribution in [0.3, 0.4) is 0 Å². The molecule has 0 bridgehead atoms. The fourth-order valence-corrected chi connectivity index (χ4v) is 5.71. The maximum Gasteiger partial charge on any atom is 0.243 e. The number of rotatable bonds is 7. The summed E-state index contributed by atoms with van der Waals surface area (Å²) in [5.41, 5.74) is 5.21. The number of sulfonamides is 1. The summed E-state index contributed by atoms with van der Waals surface area (Å²) in [5.74, 6) is -0.124. The number of aryl methyl sites for hydroxylation is 3. The predicted octanol–water partition coefficient (Wildman–Crippen LogP) is 4.02. The Labute approximate surface area is 198 Å². The van der Waals surface area contributed by atoms with Crippen molar-refractivity contribution in [3.63, 3.8) is 0 Å². The van der Waals surface area contributed by atoms with Crippen molar-refractivity contribution in [1.82, 2.24) is 9.29 Å². The van der Waals surface area contributed by atoms with E-state index in [0.29, 0.717) is 37.9 Å². The van der Waals surface area contributed by atoms with Crippen LogP contribution in [0.5, 0.6) is 0 Å². The topological polar surface area (TPSA) is 88.6 Å². The van der Waals surface area contributed by atoms with Crippen molar-refractivity contribution >= 4 is 32.4 Å². The molecule has 1 amide bonds. The number of anilines is 1. The number of benzene rings is 2. The van der Waals surface area contributed by atoms with Gasteiger partial charge in [-0.15, -0.1) is 11.3 Å². The molecule has 174 valence electrons. The van der Waals surface area contributed by atoms with E-state index < -0.39 is 10.0 Å². The van der Waals surface area contributed by atoms with Gasteiger partial charge in [0, 0.05) is 30.5 Å². The molecule has 3 aromatic rings. The van der Waals surface area contributed by atoms with E-state index in [1.165, 1.54) is 26.8 Å². The number of aromatic nitrogens is 1. The Kier molecular flexibility index (Phi) is 7.23. The van der Waals surface area contributed by atoms with Gasteiger partial charge < -0.3 is 10.1 Å². The molecule has 1 aliphatic heterocycles. The van der Waals surface area contributed by atoms with Crippen molar-refractivity contribution in [1.29, 1.82) is 0 Å². The third-order valence-corrected chi connectivity index (χ3v) is 8.40. The van der Waals surface area contributed by atoms with Crippen molar-refractivity contribution < 1.29 is 17.9 Å². The number of nitrogens with one attached hydrogen (secondary N) is 1. The fourth-order valence-electron chi connectivity index (χ4n) is 3.57. The Balaban J connectivity index is 1.32. The summed E-state index contributed by atoms with van der Waals surface area (Å²) >= 11 is 1.40. The number of carbonyl (C=O) groups is 1. The van der Waals surface area contributed by atoms with Gasteiger partial charge in [-0.3, -0.25) is 4.79 Å². The predicted molar refractivity (Wildman–Crippen MR) is 130 cm³/mol. The van der Waals surface area contributed by atoms with Crippen molar-refractivity contribution in [2.45, 2.75) is 31.6 Å². The molecule has 1 aromatic heterocycles. The number of thiazole rings is 1. The molecule has 1 N–H and O–H groups in total. The first-order chi connectivity index (χ1) is 15.8. The highest BCUT2D eigenvalue weighted by atomic mass is 32.2. The Morgan fingerprint density at radius 3 is 2.52 bits per heavy atom. The normalized spacial score (nSPS) is 14.8. The quantitative estimate of drug-likeness (QED) is 0.546. The molecule has 1 fully saturated rings. The number of nitrogens with zero attached hydrogens (tertiary/aromatic N) is 2. The minimum absolute atomic E-state index is 0.124. The van der Waals surface area contributed by atoms with E-state index in [9.17, 15) is 13.2 Å². The van der Waals surface area contributed by atoms with Crippen LogP contribution in [0.4, 0.5) is 5.13 Å². The fraction of sp³-hybridized carbons (Fsp3) is 0.333. The second-order valence-electron chi connectivity index (χ2n) is 8.05. The molecule has 0 radical (unpaired) electrons. The monoisotopic (exact) mass is 485 g/mol. The van der Waals surface area contributed by atoms with E-state index in [4.69, 9.17) is 4.74 Å². The zero-order valence-corrected chi connectivity index (χ0v) is 20.3. The maximum absolute atomic E-state index is 12.7. The lowest BCUT2D eigenvalue weighted by molar-refractivity contribution is -0.116. The highest BCUT2D eigenvalue weighted by Crippen LogP contribution is 2.26. The SMILES string of the molecule is Cc1ccc(-c2csc(NC(=O)CCc3ccc(S(=O)(=O)N4CCOCC4)cc3)n2)cc1C. The van der Waals surface area contributed by atoms with Crippen LogP contribution in [-0.4, -0.2) is 49.9 Å². The smallest absolute Gasteiger partial charge is 0.243 e. The molecular formula is C24H27N3O4S2. The van der Waals surface area contributed by atoms with Crippen LogP contribution in [0.15, 0.2) is 52.7 Å². The highest BCUT2D eigenvalue weighted by molar-refractivity contribution is 7.89. The Hall–Kier alpha value is -2.59. The van der Waals surface area contributed by atoms with E-state index in [-0.39, 0.29) is 17.2 Å². The third-order valence-electron chi connectivity index (χ3n) is 5.73. The summed E-state index contributed by atoms with van der Waals surface area (Å²) in [4.78, 5) is 17.2. The third kappa shape index (κ3) is 5.67. The van der Waals surface area contributed by atoms with Crippen molar-refractivity contribution in [3.8, 4) is 11.3 Å². The molecule has 0 saturated carbocycles. The Morgan fingerprint density at radius 1 is 1.09 bits per heavy atom. The first-order valence-electron chi connectivity index (χ1n) is 10.8. The van der Waals surface area contributed by atoms with E-state index in [1.54, 1.807) is 24.3 Å². The van der Waals surface area contributed by atoms with E-state index in [2.05, 4.69) is 36.3 Å². The number of morpholine rings is 1. The van der Waals surface area contributed by atoms with Gasteiger partial charge in [0.2, 0.25) is 15.9 Å². The van der Waals surface area contributed by atoms with Crippen molar-refractivity contribution in [2.24, 2.45) is 0 Å². The lowest BCUT2D eigenvalue weighted by atomic mass is 10.1. The molecule has 2 aromatic carbocycles. The molecule has 1 aliphatic rings. The van der Waals surface area contributed by atoms with Gasteiger partial charge in [0.25, 0.3) is 0 Å². The summed E-state index contributed by atoms with van der Waals surface area (Å²) in [5, 5.41) is 5.37. The average molecular weight is 486 g/mol. The Morgan fingerprint density at radius 2 is 1.82 bits per heavy atom. The highest BCUT2D eigenvalue weighted by Gasteiger charge is 2.26. The Bertz CT molecular complexity index is 1230. The molecule has 2 heterocycles. The molecule has 9 heteroatoms. The lowest BCUT2D eigenvalue weighted by Crippen LogP contribution is -2.40. The molecule has 33 heavy (non-hydrogen) atoms. The van der Waals surface area contributed by atoms with Crippen LogP contribution in [0.2, 0.25) is 0 Å².